The molecule has 0 heterocycles. The van der Waals surface area contributed by atoms with Gasteiger partial charge in [-0.15, -0.1) is 0 Å². The zero-order valence-electron chi connectivity index (χ0n) is 20.2. The number of hydrogen-bond donors (Lipinski definition) is 1. The van der Waals surface area contributed by atoms with E-state index in [0.29, 0.717) is 0 Å². The average Bonchev–Trinajstić information content (AvgIpc) is 2.70. The van der Waals surface area contributed by atoms with E-state index < -0.39 is 32.5 Å². The van der Waals surface area contributed by atoms with E-state index in [1.807, 2.05) is 31.2 Å². The minimum absolute atomic E-state index is 0.0163. The van der Waals surface area contributed by atoms with Crippen molar-refractivity contribution in [3.05, 3.63) is 59.7 Å². The molecule has 1 unspecified atom stereocenters. The lowest BCUT2D eigenvalue weighted by molar-refractivity contribution is -0.120. The lowest BCUT2D eigenvalue weighted by Gasteiger charge is -2.24. The molecule has 2 rings (SSSR count). The molecule has 33 heavy (non-hydrogen) atoms. The topological polar surface area (TPSA) is 104 Å². The summed E-state index contributed by atoms with van der Waals surface area (Å²) in [5.74, 6) is -0.474. The molecule has 0 saturated heterocycles. The molecule has 8 nitrogen and oxygen atoms in total. The monoisotopic (exact) mass is 495 g/mol. The number of carbonyl (C=O) groups excluding carboxylic acids is 1. The number of nitrogens with zero attached hydrogens (tertiary/aromatic N) is 2. The predicted octanol–water partition coefficient (Wildman–Crippen LogP) is 2.88. The van der Waals surface area contributed by atoms with Crippen molar-refractivity contribution in [3.63, 3.8) is 0 Å². The molecular formula is C23H33N3O5S2. The Morgan fingerprint density at radius 2 is 1.45 bits per heavy atom. The first kappa shape index (κ1) is 26.8. The summed E-state index contributed by atoms with van der Waals surface area (Å²) in [5, 5.41) is 2.83. The van der Waals surface area contributed by atoms with Crippen molar-refractivity contribution >= 4 is 31.6 Å². The van der Waals surface area contributed by atoms with Gasteiger partial charge in [-0.2, -0.15) is 0 Å². The van der Waals surface area contributed by atoms with Gasteiger partial charge in [0.05, 0.1) is 22.9 Å². The quantitative estimate of drug-likeness (QED) is 0.606. The van der Waals surface area contributed by atoms with Gasteiger partial charge in [0.1, 0.15) is 6.54 Å². The molecule has 1 N–H and O–H groups in total. The molecule has 0 radical (unpaired) electrons. The Morgan fingerprint density at radius 1 is 0.939 bits per heavy atom. The van der Waals surface area contributed by atoms with E-state index in [4.69, 9.17) is 0 Å². The number of nitrogens with one attached hydrogen (secondary N) is 1. The van der Waals surface area contributed by atoms with Crippen LogP contribution in [0.1, 0.15) is 44.9 Å². The molecular weight excluding hydrogens is 462 g/mol. The van der Waals surface area contributed by atoms with Crippen molar-refractivity contribution in [2.24, 2.45) is 0 Å². The number of rotatable bonds is 8. The van der Waals surface area contributed by atoms with Gasteiger partial charge in [-0.1, -0.05) is 45.0 Å². The van der Waals surface area contributed by atoms with Crippen LogP contribution in [0, 0.1) is 0 Å². The minimum atomic E-state index is -3.79. The SMILES string of the molecule is CC(NC(=O)CN(c1ccc(S(=O)(=O)N(C)C)cc1)S(C)(=O)=O)c1ccc(C(C)(C)C)cc1. The van der Waals surface area contributed by atoms with Crippen molar-refractivity contribution in [1.82, 2.24) is 9.62 Å². The van der Waals surface area contributed by atoms with Crippen LogP contribution in [0.2, 0.25) is 0 Å². The first-order valence-corrected chi connectivity index (χ1v) is 13.7. The molecule has 10 heteroatoms. The van der Waals surface area contributed by atoms with E-state index in [-0.39, 0.29) is 22.0 Å². The van der Waals surface area contributed by atoms with Crippen molar-refractivity contribution < 1.29 is 21.6 Å². The van der Waals surface area contributed by atoms with Crippen LogP contribution < -0.4 is 9.62 Å². The standard InChI is InChI=1S/C23H33N3O5S2/c1-17(18-8-10-19(11-9-18)23(2,3)4)24-22(27)16-26(32(7,28)29)20-12-14-21(15-13-20)33(30,31)25(5)6/h8-15,17H,16H2,1-7H3,(H,24,27). The fraction of sp³-hybridized carbons (Fsp3) is 0.435. The van der Waals surface area contributed by atoms with Gasteiger partial charge in [-0.25, -0.2) is 21.1 Å². The zero-order valence-corrected chi connectivity index (χ0v) is 21.8. The summed E-state index contributed by atoms with van der Waals surface area (Å²) in [7, 11) is -4.62. The molecule has 0 saturated carbocycles. The Labute approximate surface area is 197 Å². The second kappa shape index (κ2) is 9.82. The molecule has 0 bridgehead atoms. The number of benzene rings is 2. The number of hydrogen-bond acceptors (Lipinski definition) is 5. The van der Waals surface area contributed by atoms with E-state index in [0.717, 1.165) is 20.4 Å². The van der Waals surface area contributed by atoms with E-state index in [1.54, 1.807) is 0 Å². The molecule has 0 spiro atoms. The van der Waals surface area contributed by atoms with Crippen LogP contribution in [0.3, 0.4) is 0 Å². The molecule has 1 atom stereocenters. The van der Waals surface area contributed by atoms with Gasteiger partial charge >= 0.3 is 0 Å². The van der Waals surface area contributed by atoms with E-state index in [2.05, 4.69) is 26.1 Å². The molecule has 0 aliphatic rings. The minimum Gasteiger partial charge on any atom is -0.348 e. The highest BCUT2D eigenvalue weighted by Gasteiger charge is 2.24. The highest BCUT2D eigenvalue weighted by atomic mass is 32.2. The van der Waals surface area contributed by atoms with Crippen molar-refractivity contribution in [1.29, 1.82) is 0 Å². The molecule has 0 aliphatic heterocycles. The third-order valence-electron chi connectivity index (χ3n) is 5.25. The van der Waals surface area contributed by atoms with Gasteiger partial charge in [0.2, 0.25) is 26.0 Å². The maximum atomic E-state index is 12.7. The molecule has 2 aromatic rings. The Kier molecular flexibility index (Phi) is 7.98. The summed E-state index contributed by atoms with van der Waals surface area (Å²) in [6.07, 6.45) is 0.999. The second-order valence-electron chi connectivity index (χ2n) is 9.21. The van der Waals surface area contributed by atoms with E-state index in [9.17, 15) is 21.6 Å². The Balaban J connectivity index is 2.18. The summed E-state index contributed by atoms with van der Waals surface area (Å²) in [6, 6.07) is 13.0. The van der Waals surface area contributed by atoms with Gasteiger partial charge in [-0.3, -0.25) is 9.10 Å². The normalized spacial score (nSPS) is 13.6. The fourth-order valence-electron chi connectivity index (χ4n) is 3.17. The maximum Gasteiger partial charge on any atom is 0.242 e. The summed E-state index contributed by atoms with van der Waals surface area (Å²) in [6.45, 7) is 7.76. The summed E-state index contributed by atoms with van der Waals surface area (Å²) < 4.78 is 51.2. The van der Waals surface area contributed by atoms with Crippen LogP contribution in [0.4, 0.5) is 5.69 Å². The van der Waals surface area contributed by atoms with Crippen molar-refractivity contribution in [2.45, 2.75) is 44.0 Å². The molecule has 1 amide bonds. The van der Waals surface area contributed by atoms with Crippen LogP contribution in [0.15, 0.2) is 53.4 Å². The lowest BCUT2D eigenvalue weighted by atomic mass is 9.86. The van der Waals surface area contributed by atoms with Gasteiger partial charge in [-0.05, 0) is 47.7 Å². The van der Waals surface area contributed by atoms with Gasteiger partial charge < -0.3 is 5.32 Å². The van der Waals surface area contributed by atoms with Crippen molar-refractivity contribution in [2.75, 3.05) is 31.2 Å². The number of anilines is 1. The lowest BCUT2D eigenvalue weighted by Crippen LogP contribution is -2.41. The molecule has 0 aromatic heterocycles. The highest BCUT2D eigenvalue weighted by molar-refractivity contribution is 7.92. The molecule has 0 aliphatic carbocycles. The summed E-state index contributed by atoms with van der Waals surface area (Å²) >= 11 is 0. The summed E-state index contributed by atoms with van der Waals surface area (Å²) in [4.78, 5) is 12.7. The van der Waals surface area contributed by atoms with Crippen LogP contribution in [0.5, 0.6) is 0 Å². The summed E-state index contributed by atoms with van der Waals surface area (Å²) in [5.41, 5.74) is 2.29. The second-order valence-corrected chi connectivity index (χ2v) is 13.3. The average molecular weight is 496 g/mol. The van der Waals surface area contributed by atoms with Crippen LogP contribution in [-0.4, -0.2) is 53.9 Å². The largest absolute Gasteiger partial charge is 0.348 e. The van der Waals surface area contributed by atoms with Crippen molar-refractivity contribution in [3.8, 4) is 0 Å². The number of carbonyl (C=O) groups is 1. The smallest absolute Gasteiger partial charge is 0.242 e. The van der Waals surface area contributed by atoms with E-state index in [1.165, 1.54) is 43.9 Å². The predicted molar refractivity (Wildman–Crippen MR) is 131 cm³/mol. The van der Waals surface area contributed by atoms with Gasteiger partial charge in [0.25, 0.3) is 0 Å². The zero-order chi connectivity index (χ0) is 25.2. The Morgan fingerprint density at radius 3 is 1.88 bits per heavy atom. The molecule has 182 valence electrons. The maximum absolute atomic E-state index is 12.7. The molecule has 0 fully saturated rings. The van der Waals surface area contributed by atoms with Crippen LogP contribution in [-0.2, 0) is 30.3 Å². The Hall–Kier alpha value is -2.43. The van der Waals surface area contributed by atoms with Crippen LogP contribution in [0.25, 0.3) is 0 Å². The fourth-order valence-corrected chi connectivity index (χ4v) is 4.93. The number of amides is 1. The number of sulfonamides is 2. The third-order valence-corrected chi connectivity index (χ3v) is 8.21. The van der Waals surface area contributed by atoms with E-state index >= 15 is 0 Å². The van der Waals surface area contributed by atoms with Gasteiger partial charge in [0.15, 0.2) is 0 Å². The first-order valence-electron chi connectivity index (χ1n) is 10.4. The van der Waals surface area contributed by atoms with Crippen LogP contribution >= 0.6 is 0 Å². The Bertz CT molecular complexity index is 1180. The van der Waals surface area contributed by atoms with Gasteiger partial charge in [0, 0.05) is 14.1 Å². The molecule has 2 aromatic carbocycles. The highest BCUT2D eigenvalue weighted by Crippen LogP contribution is 2.24. The first-order chi connectivity index (χ1) is 15.0. The third kappa shape index (κ3) is 6.78.